The zero-order chi connectivity index (χ0) is 42.9. The van der Waals surface area contributed by atoms with E-state index in [1.165, 1.54) is 0 Å². The van der Waals surface area contributed by atoms with Gasteiger partial charge in [-0.1, -0.05) is 0 Å². The average Bonchev–Trinajstić information content (AvgIpc) is 2.87. The van der Waals surface area contributed by atoms with E-state index in [4.69, 9.17) is 0 Å². The molecule has 0 aromatic heterocycles. The van der Waals surface area contributed by atoms with Gasteiger partial charge in [0.15, 0.2) is 0 Å². The molecule has 0 saturated carbocycles. The molecule has 0 atom stereocenters. The standard InChI is InChI=1S/C22H22F24O7/c1-11(27,28)19(39,40)50-15(7-48-17(35,36)9(23)24,51-20(41,42)12(2,29)30)5-47-6-16(8-49-18(37,38)10(25)26,52-21(43,44)13(3,31)32)53-22(45,46)14(4,33)34/h9-10H,5-8H2,1-4H3. The van der Waals surface area contributed by atoms with Gasteiger partial charge in [-0.2, -0.15) is 87.8 Å². The molecule has 0 saturated heterocycles. The average molecular weight is 854 g/mol. The molecule has 0 radical (unpaired) electrons. The van der Waals surface area contributed by atoms with Gasteiger partial charge in [0.25, 0.3) is 0 Å². The Morgan fingerprint density at radius 1 is 0.340 bits per heavy atom. The molecule has 0 N–H and O–H groups in total. The van der Waals surface area contributed by atoms with E-state index in [1.807, 2.05) is 0 Å². The molecule has 0 fully saturated rings. The van der Waals surface area contributed by atoms with Gasteiger partial charge in [0.1, 0.15) is 26.4 Å². The summed E-state index contributed by atoms with van der Waals surface area (Å²) in [6.45, 7) is -17.3. The van der Waals surface area contributed by atoms with Crippen molar-refractivity contribution in [2.75, 3.05) is 26.4 Å². The predicted molar refractivity (Wildman–Crippen MR) is 117 cm³/mol. The van der Waals surface area contributed by atoms with Crippen molar-refractivity contribution in [3.05, 3.63) is 0 Å². The normalized spacial score (nSPS) is 16.0. The van der Waals surface area contributed by atoms with Crippen LogP contribution in [-0.4, -0.2) is 111 Å². The monoisotopic (exact) mass is 854 g/mol. The van der Waals surface area contributed by atoms with Crippen molar-refractivity contribution >= 4 is 0 Å². The number of halogens is 24. The summed E-state index contributed by atoms with van der Waals surface area (Å²) in [7, 11) is 0. The van der Waals surface area contributed by atoms with Crippen LogP contribution in [0.3, 0.4) is 0 Å². The summed E-state index contributed by atoms with van der Waals surface area (Å²) in [4.78, 5) is 0. The maximum absolute atomic E-state index is 14.3. The van der Waals surface area contributed by atoms with E-state index in [9.17, 15) is 105 Å². The second kappa shape index (κ2) is 15.9. The molecule has 0 aromatic rings. The van der Waals surface area contributed by atoms with Crippen LogP contribution in [0.4, 0.5) is 105 Å². The maximum atomic E-state index is 14.3. The van der Waals surface area contributed by atoms with E-state index in [1.54, 1.807) is 0 Å². The second-order valence-electron chi connectivity index (χ2n) is 10.6. The first kappa shape index (κ1) is 51.0. The molecule has 0 heterocycles. The Kier molecular flexibility index (Phi) is 15.3. The Morgan fingerprint density at radius 2 is 0.528 bits per heavy atom. The zero-order valence-corrected chi connectivity index (χ0v) is 25.9. The Balaban J connectivity index is 7.77. The topological polar surface area (TPSA) is 64.6 Å². The van der Waals surface area contributed by atoms with E-state index >= 15 is 0 Å². The molecule has 31 heteroatoms. The first-order valence-electron chi connectivity index (χ1n) is 12.8. The van der Waals surface area contributed by atoms with Gasteiger partial charge < -0.3 is 14.2 Å². The lowest BCUT2D eigenvalue weighted by Crippen LogP contribution is -2.62. The molecule has 0 spiro atoms. The summed E-state index contributed by atoms with van der Waals surface area (Å²) in [5.41, 5.74) is 0. The molecule has 7 nitrogen and oxygen atoms in total. The molecule has 0 aliphatic rings. The molecule has 0 bridgehead atoms. The summed E-state index contributed by atoms with van der Waals surface area (Å²) in [5, 5.41) is 0. The highest BCUT2D eigenvalue weighted by Crippen LogP contribution is 2.47. The fraction of sp³-hybridized carbons (Fsp3) is 1.00. The summed E-state index contributed by atoms with van der Waals surface area (Å²) in [5.74, 6) is -34.5. The van der Waals surface area contributed by atoms with Crippen LogP contribution in [0.2, 0.25) is 0 Å². The zero-order valence-electron chi connectivity index (χ0n) is 25.9. The van der Waals surface area contributed by atoms with Gasteiger partial charge in [-0.05, 0) is 0 Å². The van der Waals surface area contributed by atoms with E-state index in [-0.39, 0.29) is 0 Å². The molecule has 0 aromatic carbocycles. The molecule has 0 aliphatic heterocycles. The van der Waals surface area contributed by atoms with Crippen LogP contribution in [0.1, 0.15) is 27.7 Å². The number of hydrogen-bond donors (Lipinski definition) is 0. The third-order valence-corrected chi connectivity index (χ3v) is 5.42. The van der Waals surface area contributed by atoms with Crippen LogP contribution in [0, 0.1) is 0 Å². The van der Waals surface area contributed by atoms with Crippen molar-refractivity contribution in [3.8, 4) is 0 Å². The van der Waals surface area contributed by atoms with E-state index in [0.717, 1.165) is 0 Å². The number of alkyl halides is 24. The van der Waals surface area contributed by atoms with Gasteiger partial charge in [0.2, 0.25) is 11.6 Å². The van der Waals surface area contributed by atoms with Crippen molar-refractivity contribution in [3.63, 3.8) is 0 Å². The van der Waals surface area contributed by atoms with Crippen LogP contribution in [0.15, 0.2) is 0 Å². The molecule has 53 heavy (non-hydrogen) atoms. The van der Waals surface area contributed by atoms with E-state index in [2.05, 4.69) is 33.2 Å². The SMILES string of the molecule is CC(F)(F)C(F)(F)OC(COCC(COC(F)(F)C(F)F)(OC(F)(F)C(C)(F)F)OC(F)(F)C(C)(F)F)(COC(F)(F)C(F)F)OC(F)(F)C(C)(F)F. The molecule has 0 unspecified atom stereocenters. The Hall–Kier alpha value is -1.96. The Bertz CT molecular complexity index is 1010. The minimum absolute atomic E-state index is 0.937. The lowest BCUT2D eigenvalue weighted by molar-refractivity contribution is -0.505. The first-order valence-corrected chi connectivity index (χ1v) is 12.8. The van der Waals surface area contributed by atoms with Crippen LogP contribution in [0.5, 0.6) is 0 Å². The van der Waals surface area contributed by atoms with Crippen molar-refractivity contribution in [1.29, 1.82) is 0 Å². The van der Waals surface area contributed by atoms with Crippen molar-refractivity contribution in [2.24, 2.45) is 0 Å². The van der Waals surface area contributed by atoms with E-state index < -0.39 is 139 Å². The third kappa shape index (κ3) is 13.6. The lowest BCUT2D eigenvalue weighted by atomic mass is 10.2. The highest BCUT2D eigenvalue weighted by molar-refractivity contribution is 4.86. The third-order valence-electron chi connectivity index (χ3n) is 5.42. The minimum atomic E-state index is -6.60. The smallest absolute Gasteiger partial charge is 0.370 e. The highest BCUT2D eigenvalue weighted by Gasteiger charge is 2.67. The van der Waals surface area contributed by atoms with Crippen LogP contribution >= 0.6 is 0 Å². The Morgan fingerprint density at radius 3 is 0.679 bits per heavy atom. The number of ether oxygens (including phenoxy) is 7. The molecular formula is C22H22F24O7. The van der Waals surface area contributed by atoms with Crippen LogP contribution < -0.4 is 0 Å². The van der Waals surface area contributed by atoms with Crippen LogP contribution in [-0.2, 0) is 33.2 Å². The number of hydrogen-bond acceptors (Lipinski definition) is 7. The van der Waals surface area contributed by atoms with Gasteiger partial charge in [-0.3, -0.25) is 18.9 Å². The molecule has 0 aliphatic carbocycles. The maximum Gasteiger partial charge on any atom is 0.421 e. The van der Waals surface area contributed by atoms with Crippen molar-refractivity contribution in [2.45, 2.75) is 112 Å². The van der Waals surface area contributed by atoms with Gasteiger partial charge in [0, 0.05) is 27.7 Å². The molecule has 320 valence electrons. The summed E-state index contributed by atoms with van der Waals surface area (Å²) in [6, 6.07) is 0. The van der Waals surface area contributed by atoms with Gasteiger partial charge in [0.05, 0.1) is 0 Å². The fourth-order valence-corrected chi connectivity index (χ4v) is 2.55. The number of rotatable bonds is 24. The molecule has 0 rings (SSSR count). The predicted octanol–water partition coefficient (Wildman–Crippen LogP) is 9.20. The van der Waals surface area contributed by atoms with Gasteiger partial charge in [-0.25, -0.2) is 17.6 Å². The molecule has 0 amide bonds. The lowest BCUT2D eigenvalue weighted by Gasteiger charge is -2.43. The van der Waals surface area contributed by atoms with Crippen molar-refractivity contribution in [1.82, 2.24) is 0 Å². The van der Waals surface area contributed by atoms with Gasteiger partial charge >= 0.3 is 73.2 Å². The highest BCUT2D eigenvalue weighted by atomic mass is 19.4. The minimum Gasteiger partial charge on any atom is -0.370 e. The molecular weight excluding hydrogens is 832 g/mol. The summed E-state index contributed by atoms with van der Waals surface area (Å²) in [6.07, 6.45) is -49.1. The fourth-order valence-electron chi connectivity index (χ4n) is 2.55. The largest absolute Gasteiger partial charge is 0.421 e. The van der Waals surface area contributed by atoms with Gasteiger partial charge in [-0.15, -0.1) is 0 Å². The first-order chi connectivity index (χ1) is 22.8. The van der Waals surface area contributed by atoms with Crippen LogP contribution in [0.25, 0.3) is 0 Å². The Labute approximate surface area is 278 Å². The quantitative estimate of drug-likeness (QED) is 0.0709. The van der Waals surface area contributed by atoms with E-state index in [0.29, 0.717) is 0 Å². The van der Waals surface area contributed by atoms with Crippen molar-refractivity contribution < 1.29 is 139 Å². The second-order valence-corrected chi connectivity index (χ2v) is 10.6. The summed E-state index contributed by atoms with van der Waals surface area (Å²) < 4.78 is 349. The summed E-state index contributed by atoms with van der Waals surface area (Å²) >= 11 is 0.